The number of carbonyl (C=O) groups excluding carboxylic acids is 1. The number of carboxylic acid groups (broad SMARTS) is 1. The monoisotopic (exact) mass is 321 g/mol. The van der Waals surface area contributed by atoms with Gasteiger partial charge in [0.15, 0.2) is 0 Å². The molecule has 1 aromatic heterocycles. The summed E-state index contributed by atoms with van der Waals surface area (Å²) < 4.78 is 1.97. The van der Waals surface area contributed by atoms with E-state index in [0.29, 0.717) is 18.9 Å². The fourth-order valence-corrected chi connectivity index (χ4v) is 3.34. The van der Waals surface area contributed by atoms with Crippen molar-refractivity contribution in [3.63, 3.8) is 0 Å². The molecule has 1 N–H and O–H groups in total. The number of aromatic nitrogens is 2. The number of hydrogen-bond donors (Lipinski definition) is 1. The largest absolute Gasteiger partial charge is 0.481 e. The minimum atomic E-state index is -0.841. The van der Waals surface area contributed by atoms with Crippen LogP contribution in [0.2, 0.25) is 0 Å². The molecule has 0 spiro atoms. The predicted octanol–water partition coefficient (Wildman–Crippen LogP) is 2.16. The van der Waals surface area contributed by atoms with Gasteiger partial charge in [-0.05, 0) is 32.6 Å². The quantitative estimate of drug-likeness (QED) is 0.871. The standard InChI is InChI=1S/C17H27N3O3/c1-11(2)10-20-13(4)15(12(3)18-20)9-16(21)19-7-5-6-14(19)8-17(22)23/h11,14H,5-10H2,1-4H3,(H,22,23). The summed E-state index contributed by atoms with van der Waals surface area (Å²) in [5.41, 5.74) is 2.92. The first-order valence-corrected chi connectivity index (χ1v) is 8.33. The third-order valence-electron chi connectivity index (χ3n) is 4.51. The van der Waals surface area contributed by atoms with Gasteiger partial charge in [0.1, 0.15) is 0 Å². The average Bonchev–Trinajstić information content (AvgIpc) is 2.98. The Kier molecular flexibility index (Phi) is 5.44. The lowest BCUT2D eigenvalue weighted by Gasteiger charge is -2.23. The van der Waals surface area contributed by atoms with Crippen LogP contribution in [0.25, 0.3) is 0 Å². The minimum Gasteiger partial charge on any atom is -0.481 e. The van der Waals surface area contributed by atoms with Gasteiger partial charge in [-0.3, -0.25) is 14.3 Å². The Morgan fingerprint density at radius 3 is 2.65 bits per heavy atom. The number of carboxylic acids is 1. The number of aryl methyl sites for hydroxylation is 1. The first kappa shape index (κ1) is 17.5. The van der Waals surface area contributed by atoms with E-state index in [2.05, 4.69) is 18.9 Å². The van der Waals surface area contributed by atoms with Crippen molar-refractivity contribution in [3.8, 4) is 0 Å². The molecule has 1 aliphatic heterocycles. The highest BCUT2D eigenvalue weighted by molar-refractivity contribution is 5.80. The second-order valence-corrected chi connectivity index (χ2v) is 6.88. The highest BCUT2D eigenvalue weighted by Crippen LogP contribution is 2.23. The normalized spacial score (nSPS) is 18.0. The molecule has 1 aliphatic rings. The number of hydrogen-bond acceptors (Lipinski definition) is 3. The molecule has 1 fully saturated rings. The third-order valence-corrected chi connectivity index (χ3v) is 4.51. The fraction of sp³-hybridized carbons (Fsp3) is 0.706. The van der Waals surface area contributed by atoms with Crippen LogP contribution >= 0.6 is 0 Å². The second-order valence-electron chi connectivity index (χ2n) is 6.88. The average molecular weight is 321 g/mol. The van der Waals surface area contributed by atoms with Gasteiger partial charge in [-0.15, -0.1) is 0 Å². The van der Waals surface area contributed by atoms with Crippen LogP contribution in [0.4, 0.5) is 0 Å². The molecule has 1 atom stereocenters. The molecule has 2 heterocycles. The van der Waals surface area contributed by atoms with Gasteiger partial charge in [0.05, 0.1) is 18.5 Å². The first-order chi connectivity index (χ1) is 10.8. The zero-order valence-corrected chi connectivity index (χ0v) is 14.5. The van der Waals surface area contributed by atoms with E-state index in [0.717, 1.165) is 36.3 Å². The zero-order valence-electron chi connectivity index (χ0n) is 14.5. The molecule has 6 heteroatoms. The molecule has 0 aromatic carbocycles. The van der Waals surface area contributed by atoms with Gasteiger partial charge in [-0.1, -0.05) is 13.8 Å². The van der Waals surface area contributed by atoms with Gasteiger partial charge in [-0.25, -0.2) is 0 Å². The molecule has 0 radical (unpaired) electrons. The molecule has 2 rings (SSSR count). The van der Waals surface area contributed by atoms with Gasteiger partial charge >= 0.3 is 5.97 Å². The van der Waals surface area contributed by atoms with E-state index in [1.165, 1.54) is 0 Å². The second kappa shape index (κ2) is 7.15. The molecular weight excluding hydrogens is 294 g/mol. The predicted molar refractivity (Wildman–Crippen MR) is 87.2 cm³/mol. The number of likely N-dealkylation sites (tertiary alicyclic amines) is 1. The summed E-state index contributed by atoms with van der Waals surface area (Å²) in [6.07, 6.45) is 2.01. The number of aliphatic carboxylic acids is 1. The lowest BCUT2D eigenvalue weighted by Crippen LogP contribution is -2.38. The molecule has 0 aliphatic carbocycles. The molecule has 6 nitrogen and oxygen atoms in total. The summed E-state index contributed by atoms with van der Waals surface area (Å²) in [6, 6.07) is -0.161. The summed E-state index contributed by atoms with van der Waals surface area (Å²) in [5, 5.41) is 13.5. The molecular formula is C17H27N3O3. The van der Waals surface area contributed by atoms with Crippen molar-refractivity contribution in [3.05, 3.63) is 17.0 Å². The van der Waals surface area contributed by atoms with Gasteiger partial charge in [-0.2, -0.15) is 5.10 Å². The van der Waals surface area contributed by atoms with E-state index < -0.39 is 5.97 Å². The number of rotatable bonds is 6. The van der Waals surface area contributed by atoms with Crippen LogP contribution in [0.15, 0.2) is 0 Å². The van der Waals surface area contributed by atoms with E-state index in [-0.39, 0.29) is 18.4 Å². The maximum Gasteiger partial charge on any atom is 0.305 e. The zero-order chi connectivity index (χ0) is 17.1. The van der Waals surface area contributed by atoms with Gasteiger partial charge in [0.2, 0.25) is 5.91 Å². The lowest BCUT2D eigenvalue weighted by molar-refractivity contribution is -0.139. The Labute approximate surface area is 137 Å². The smallest absolute Gasteiger partial charge is 0.305 e. The Morgan fingerprint density at radius 1 is 1.35 bits per heavy atom. The molecule has 1 aromatic rings. The van der Waals surface area contributed by atoms with Crippen molar-refractivity contribution in [2.75, 3.05) is 6.54 Å². The third kappa shape index (κ3) is 4.12. The summed E-state index contributed by atoms with van der Waals surface area (Å²) in [5.74, 6) is -0.328. The molecule has 0 saturated carbocycles. The maximum atomic E-state index is 12.6. The molecule has 1 saturated heterocycles. The molecule has 1 unspecified atom stereocenters. The van der Waals surface area contributed by atoms with Gasteiger partial charge in [0.25, 0.3) is 0 Å². The topological polar surface area (TPSA) is 75.4 Å². The Bertz CT molecular complexity index is 592. The number of carbonyl (C=O) groups is 2. The van der Waals surface area contributed by atoms with Crippen LogP contribution in [0, 0.1) is 19.8 Å². The molecule has 1 amide bonds. The van der Waals surface area contributed by atoms with Crippen LogP contribution in [0.1, 0.15) is 50.1 Å². The van der Waals surface area contributed by atoms with Crippen molar-refractivity contribution >= 4 is 11.9 Å². The summed E-state index contributed by atoms with van der Waals surface area (Å²) in [4.78, 5) is 25.3. The van der Waals surface area contributed by atoms with Crippen molar-refractivity contribution < 1.29 is 14.7 Å². The lowest BCUT2D eigenvalue weighted by atomic mass is 10.1. The van der Waals surface area contributed by atoms with Gasteiger partial charge in [0, 0.05) is 30.4 Å². The van der Waals surface area contributed by atoms with Crippen LogP contribution in [0.3, 0.4) is 0 Å². The van der Waals surface area contributed by atoms with E-state index in [9.17, 15) is 9.59 Å². The number of nitrogens with zero attached hydrogens (tertiary/aromatic N) is 3. The summed E-state index contributed by atoms with van der Waals surface area (Å²) >= 11 is 0. The summed E-state index contributed by atoms with van der Waals surface area (Å²) in [6.45, 7) is 9.72. The van der Waals surface area contributed by atoms with E-state index in [1.807, 2.05) is 18.5 Å². The molecule has 0 bridgehead atoms. The highest BCUT2D eigenvalue weighted by Gasteiger charge is 2.31. The molecule has 23 heavy (non-hydrogen) atoms. The van der Waals surface area contributed by atoms with Crippen molar-refractivity contribution in [1.29, 1.82) is 0 Å². The van der Waals surface area contributed by atoms with E-state index in [4.69, 9.17) is 5.11 Å². The number of amides is 1. The van der Waals surface area contributed by atoms with Crippen molar-refractivity contribution in [1.82, 2.24) is 14.7 Å². The van der Waals surface area contributed by atoms with E-state index in [1.54, 1.807) is 4.90 Å². The van der Waals surface area contributed by atoms with Crippen LogP contribution in [0.5, 0.6) is 0 Å². The maximum absolute atomic E-state index is 12.6. The SMILES string of the molecule is Cc1nn(CC(C)C)c(C)c1CC(=O)N1CCCC1CC(=O)O. The van der Waals surface area contributed by atoms with E-state index >= 15 is 0 Å². The summed E-state index contributed by atoms with van der Waals surface area (Å²) in [7, 11) is 0. The Balaban J connectivity index is 2.11. The van der Waals surface area contributed by atoms with Crippen LogP contribution < -0.4 is 0 Å². The highest BCUT2D eigenvalue weighted by atomic mass is 16.4. The Hall–Kier alpha value is -1.85. The Morgan fingerprint density at radius 2 is 2.04 bits per heavy atom. The fourth-order valence-electron chi connectivity index (χ4n) is 3.34. The van der Waals surface area contributed by atoms with Gasteiger partial charge < -0.3 is 10.0 Å². The molecule has 128 valence electrons. The van der Waals surface area contributed by atoms with Crippen LogP contribution in [-0.2, 0) is 22.6 Å². The van der Waals surface area contributed by atoms with Crippen LogP contribution in [-0.4, -0.2) is 44.3 Å². The van der Waals surface area contributed by atoms with Crippen molar-refractivity contribution in [2.45, 2.75) is 66.0 Å². The van der Waals surface area contributed by atoms with Crippen molar-refractivity contribution in [2.24, 2.45) is 5.92 Å². The first-order valence-electron chi connectivity index (χ1n) is 8.33. The minimum absolute atomic E-state index is 0.0176.